The zero-order valence-corrected chi connectivity index (χ0v) is 9.92. The predicted octanol–water partition coefficient (Wildman–Crippen LogP) is 2.02. The monoisotopic (exact) mass is 247 g/mol. The maximum Gasteiger partial charge on any atom is 0.282 e. The highest BCUT2D eigenvalue weighted by Crippen LogP contribution is 2.17. The number of amides is 1. The van der Waals surface area contributed by atoms with Crippen molar-refractivity contribution in [2.75, 3.05) is 0 Å². The Morgan fingerprint density at radius 1 is 1.56 bits per heavy atom. The molecule has 0 saturated carbocycles. The van der Waals surface area contributed by atoms with E-state index in [0.29, 0.717) is 6.42 Å². The normalized spacial score (nSPS) is 11.3. The Hall–Kier alpha value is -2.42. The Morgan fingerprint density at radius 2 is 2.22 bits per heavy atom. The van der Waals surface area contributed by atoms with Crippen LogP contribution in [0.2, 0.25) is 0 Å². The van der Waals surface area contributed by atoms with E-state index in [0.717, 1.165) is 6.42 Å². The minimum Gasteiger partial charge on any atom is -0.336 e. The van der Waals surface area contributed by atoms with Crippen molar-refractivity contribution in [3.05, 3.63) is 39.9 Å². The minimum absolute atomic E-state index is 0.0288. The van der Waals surface area contributed by atoms with Crippen molar-refractivity contribution in [2.24, 2.45) is 0 Å². The zero-order chi connectivity index (χ0) is 13.5. The number of nitrogens with zero attached hydrogens (tertiary/aromatic N) is 2. The first kappa shape index (κ1) is 13.6. The molecule has 0 radical (unpaired) electrons. The van der Waals surface area contributed by atoms with E-state index in [4.69, 9.17) is 5.26 Å². The minimum atomic E-state index is -0.623. The van der Waals surface area contributed by atoms with Gasteiger partial charge in [0.1, 0.15) is 11.6 Å². The Morgan fingerprint density at radius 3 is 2.78 bits per heavy atom. The molecule has 0 bridgehead atoms. The Kier molecular flexibility index (Phi) is 4.81. The van der Waals surface area contributed by atoms with Crippen LogP contribution in [-0.4, -0.2) is 16.9 Å². The third kappa shape index (κ3) is 3.28. The maximum atomic E-state index is 11.8. The summed E-state index contributed by atoms with van der Waals surface area (Å²) >= 11 is 0. The topological polar surface area (TPSA) is 96.0 Å². The molecule has 18 heavy (non-hydrogen) atoms. The van der Waals surface area contributed by atoms with Gasteiger partial charge in [0.05, 0.1) is 11.0 Å². The molecule has 94 valence electrons. The smallest absolute Gasteiger partial charge is 0.282 e. The Balaban J connectivity index is 2.91. The number of carbonyl (C=O) groups excluding carboxylic acids is 1. The lowest BCUT2D eigenvalue weighted by atomic mass is 10.1. The van der Waals surface area contributed by atoms with Crippen molar-refractivity contribution in [3.8, 4) is 6.07 Å². The lowest BCUT2D eigenvalue weighted by Gasteiger charge is -2.10. The van der Waals surface area contributed by atoms with Gasteiger partial charge in [0.2, 0.25) is 0 Å². The van der Waals surface area contributed by atoms with Gasteiger partial charge in [0.15, 0.2) is 0 Å². The van der Waals surface area contributed by atoms with Gasteiger partial charge in [0, 0.05) is 6.07 Å². The second-order valence-electron chi connectivity index (χ2n) is 3.72. The molecule has 1 unspecified atom stereocenters. The molecule has 6 heteroatoms. The van der Waals surface area contributed by atoms with Gasteiger partial charge in [-0.05, 0) is 12.5 Å². The van der Waals surface area contributed by atoms with Crippen molar-refractivity contribution >= 4 is 11.6 Å². The number of rotatable bonds is 5. The molecule has 1 aromatic carbocycles. The second kappa shape index (κ2) is 6.35. The van der Waals surface area contributed by atoms with Crippen LogP contribution in [0.1, 0.15) is 30.1 Å². The van der Waals surface area contributed by atoms with Gasteiger partial charge >= 0.3 is 0 Å². The highest BCUT2D eigenvalue weighted by atomic mass is 16.6. The highest BCUT2D eigenvalue weighted by Gasteiger charge is 2.21. The van der Waals surface area contributed by atoms with E-state index in [2.05, 4.69) is 5.32 Å². The van der Waals surface area contributed by atoms with E-state index in [1.807, 2.05) is 13.0 Å². The number of nitro benzene ring substituents is 1. The van der Waals surface area contributed by atoms with Crippen LogP contribution in [0.4, 0.5) is 5.69 Å². The molecule has 0 aromatic heterocycles. The molecular weight excluding hydrogens is 234 g/mol. The number of hydrogen-bond acceptors (Lipinski definition) is 4. The average Bonchev–Trinajstić information content (AvgIpc) is 2.38. The SMILES string of the molecule is CCCC(C#N)NC(=O)c1ccccc1[N+](=O)[O-]. The summed E-state index contributed by atoms with van der Waals surface area (Å²) in [6, 6.07) is 6.99. The van der Waals surface area contributed by atoms with Crippen molar-refractivity contribution < 1.29 is 9.72 Å². The third-order valence-corrected chi connectivity index (χ3v) is 2.38. The number of carbonyl (C=O) groups is 1. The highest BCUT2D eigenvalue weighted by molar-refractivity contribution is 5.98. The van der Waals surface area contributed by atoms with Crippen LogP contribution in [0.5, 0.6) is 0 Å². The number of nitro groups is 1. The number of nitriles is 1. The summed E-state index contributed by atoms with van der Waals surface area (Å²) in [5.41, 5.74) is -0.290. The summed E-state index contributed by atoms with van der Waals surface area (Å²) in [6.07, 6.45) is 1.26. The van der Waals surface area contributed by atoms with Crippen LogP contribution in [0.15, 0.2) is 24.3 Å². The molecule has 1 N–H and O–H groups in total. The summed E-state index contributed by atoms with van der Waals surface area (Å²) < 4.78 is 0. The van der Waals surface area contributed by atoms with Crippen LogP contribution >= 0.6 is 0 Å². The molecule has 0 aliphatic rings. The lowest BCUT2D eigenvalue weighted by molar-refractivity contribution is -0.385. The van der Waals surface area contributed by atoms with E-state index in [-0.39, 0.29) is 11.3 Å². The van der Waals surface area contributed by atoms with E-state index in [1.165, 1.54) is 18.2 Å². The van der Waals surface area contributed by atoms with Gasteiger partial charge in [-0.15, -0.1) is 0 Å². The molecular formula is C12H13N3O3. The molecule has 1 rings (SSSR count). The van der Waals surface area contributed by atoms with Crippen molar-refractivity contribution in [2.45, 2.75) is 25.8 Å². The Labute approximate surface area is 104 Å². The molecule has 0 aliphatic carbocycles. The lowest BCUT2D eigenvalue weighted by Crippen LogP contribution is -2.33. The number of nitrogens with one attached hydrogen (secondary N) is 1. The molecule has 0 spiro atoms. The van der Waals surface area contributed by atoms with Gasteiger partial charge in [0.25, 0.3) is 11.6 Å². The average molecular weight is 247 g/mol. The maximum absolute atomic E-state index is 11.8. The summed E-state index contributed by atoms with van der Waals surface area (Å²) in [7, 11) is 0. The number of hydrogen-bond donors (Lipinski definition) is 1. The molecule has 6 nitrogen and oxygen atoms in total. The first-order chi connectivity index (χ1) is 8.60. The van der Waals surface area contributed by atoms with Gasteiger partial charge in [-0.2, -0.15) is 5.26 Å². The standard InChI is InChI=1S/C12H13N3O3/c1-2-5-9(8-13)14-12(16)10-6-3-4-7-11(10)15(17)18/h3-4,6-7,9H,2,5H2,1H3,(H,14,16). The van der Waals surface area contributed by atoms with Gasteiger partial charge in [-0.25, -0.2) is 0 Å². The predicted molar refractivity (Wildman–Crippen MR) is 64.9 cm³/mol. The van der Waals surface area contributed by atoms with E-state index >= 15 is 0 Å². The molecule has 0 aliphatic heterocycles. The van der Waals surface area contributed by atoms with Crippen LogP contribution < -0.4 is 5.32 Å². The van der Waals surface area contributed by atoms with E-state index < -0.39 is 16.9 Å². The van der Waals surface area contributed by atoms with Crippen LogP contribution in [0.25, 0.3) is 0 Å². The molecule has 0 fully saturated rings. The third-order valence-electron chi connectivity index (χ3n) is 2.38. The van der Waals surface area contributed by atoms with Crippen LogP contribution in [-0.2, 0) is 0 Å². The Bertz CT molecular complexity index is 494. The fourth-order valence-electron chi connectivity index (χ4n) is 1.52. The zero-order valence-electron chi connectivity index (χ0n) is 9.92. The largest absolute Gasteiger partial charge is 0.336 e. The number of benzene rings is 1. The van der Waals surface area contributed by atoms with Crippen molar-refractivity contribution in [3.63, 3.8) is 0 Å². The second-order valence-corrected chi connectivity index (χ2v) is 3.72. The summed E-state index contributed by atoms with van der Waals surface area (Å²) in [4.78, 5) is 22.0. The quantitative estimate of drug-likeness (QED) is 0.635. The van der Waals surface area contributed by atoms with Crippen molar-refractivity contribution in [1.82, 2.24) is 5.32 Å². The molecule has 1 aromatic rings. The fraction of sp³-hybridized carbons (Fsp3) is 0.333. The van der Waals surface area contributed by atoms with E-state index in [1.54, 1.807) is 6.07 Å². The van der Waals surface area contributed by atoms with Crippen molar-refractivity contribution in [1.29, 1.82) is 5.26 Å². The number of para-hydroxylation sites is 1. The first-order valence-corrected chi connectivity index (χ1v) is 5.54. The van der Waals surface area contributed by atoms with Gasteiger partial charge in [-0.1, -0.05) is 25.5 Å². The molecule has 1 amide bonds. The van der Waals surface area contributed by atoms with Gasteiger partial charge in [-0.3, -0.25) is 14.9 Å². The summed E-state index contributed by atoms with van der Waals surface area (Å²) in [5, 5.41) is 22.1. The molecule has 1 atom stereocenters. The molecule has 0 heterocycles. The fourth-order valence-corrected chi connectivity index (χ4v) is 1.52. The van der Waals surface area contributed by atoms with E-state index in [9.17, 15) is 14.9 Å². The van der Waals surface area contributed by atoms with Crippen LogP contribution in [0.3, 0.4) is 0 Å². The summed E-state index contributed by atoms with van der Waals surface area (Å²) in [6.45, 7) is 1.89. The van der Waals surface area contributed by atoms with Gasteiger partial charge < -0.3 is 5.32 Å². The summed E-state index contributed by atoms with van der Waals surface area (Å²) in [5.74, 6) is -0.595. The van der Waals surface area contributed by atoms with Crippen LogP contribution in [0, 0.1) is 21.4 Å². The first-order valence-electron chi connectivity index (χ1n) is 5.54. The molecule has 0 saturated heterocycles.